The quantitative estimate of drug-likeness (QED) is 0.582. The fourth-order valence-electron chi connectivity index (χ4n) is 2.17. The van der Waals surface area contributed by atoms with E-state index in [0.717, 1.165) is 31.2 Å². The van der Waals surface area contributed by atoms with Crippen LogP contribution in [0.2, 0.25) is 10.0 Å². The average Bonchev–Trinajstić information content (AvgIpc) is 2.93. The molecule has 2 aromatic rings. The van der Waals surface area contributed by atoms with Gasteiger partial charge >= 0.3 is 0 Å². The largest absolute Gasteiger partial charge is 0.271 e. The van der Waals surface area contributed by atoms with Crippen LogP contribution in [0, 0.1) is 0 Å². The lowest BCUT2D eigenvalue weighted by atomic mass is 10.0. The number of hydrogen-bond donors (Lipinski definition) is 2. The number of aryl methyl sites for hydroxylation is 1. The summed E-state index contributed by atoms with van der Waals surface area (Å²) in [7, 11) is 0. The van der Waals surface area contributed by atoms with E-state index in [2.05, 4.69) is 22.9 Å². The van der Waals surface area contributed by atoms with Crippen LogP contribution in [-0.2, 0) is 12.8 Å². The van der Waals surface area contributed by atoms with Crippen LogP contribution in [0.15, 0.2) is 35.7 Å². The molecule has 2 nitrogen and oxygen atoms in total. The van der Waals surface area contributed by atoms with E-state index >= 15 is 0 Å². The van der Waals surface area contributed by atoms with Crippen LogP contribution >= 0.6 is 34.5 Å². The van der Waals surface area contributed by atoms with Crippen molar-refractivity contribution < 1.29 is 0 Å². The van der Waals surface area contributed by atoms with Gasteiger partial charge in [0.25, 0.3) is 0 Å². The van der Waals surface area contributed by atoms with Gasteiger partial charge in [-0.15, -0.1) is 11.3 Å². The predicted octanol–water partition coefficient (Wildman–Crippen LogP) is 4.45. The first kappa shape index (κ1) is 15.8. The summed E-state index contributed by atoms with van der Waals surface area (Å²) in [6.07, 6.45) is 4.05. The van der Waals surface area contributed by atoms with Crippen molar-refractivity contribution in [1.82, 2.24) is 5.43 Å². The highest BCUT2D eigenvalue weighted by Crippen LogP contribution is 2.23. The highest BCUT2D eigenvalue weighted by Gasteiger charge is 2.10. The van der Waals surface area contributed by atoms with Gasteiger partial charge in [0.15, 0.2) is 0 Å². The third kappa shape index (κ3) is 4.76. The summed E-state index contributed by atoms with van der Waals surface area (Å²) in [6, 6.07) is 10.1. The van der Waals surface area contributed by atoms with Gasteiger partial charge in [-0.3, -0.25) is 11.3 Å². The predicted molar refractivity (Wildman–Crippen MR) is 88.5 cm³/mol. The lowest BCUT2D eigenvalue weighted by molar-refractivity contribution is 0.477. The molecular formula is C15H18Cl2N2S. The molecule has 5 heteroatoms. The third-order valence-electron chi connectivity index (χ3n) is 3.27. The molecule has 3 N–H and O–H groups in total. The Bertz CT molecular complexity index is 529. The molecule has 0 aliphatic rings. The number of halogens is 2. The Labute approximate surface area is 133 Å². The normalized spacial score (nSPS) is 12.6. The van der Waals surface area contributed by atoms with E-state index in [4.69, 9.17) is 29.0 Å². The number of rotatable bonds is 7. The monoisotopic (exact) mass is 328 g/mol. The summed E-state index contributed by atoms with van der Waals surface area (Å²) < 4.78 is 0. The topological polar surface area (TPSA) is 38.0 Å². The minimum absolute atomic E-state index is 0.230. The molecule has 20 heavy (non-hydrogen) atoms. The van der Waals surface area contributed by atoms with Gasteiger partial charge in [0.1, 0.15) is 0 Å². The van der Waals surface area contributed by atoms with Crippen molar-refractivity contribution >= 4 is 34.5 Å². The SMILES string of the molecule is NNC(CCCc1cccs1)Cc1ccc(Cl)cc1Cl. The van der Waals surface area contributed by atoms with Crippen molar-refractivity contribution in [3.63, 3.8) is 0 Å². The minimum atomic E-state index is 0.230. The molecule has 0 spiro atoms. The molecule has 1 aromatic heterocycles. The molecule has 2 rings (SSSR count). The van der Waals surface area contributed by atoms with Crippen LogP contribution in [0.3, 0.4) is 0 Å². The van der Waals surface area contributed by atoms with Gasteiger partial charge in [-0.05, 0) is 54.8 Å². The summed E-state index contributed by atoms with van der Waals surface area (Å²) in [4.78, 5) is 1.42. The second-order valence-electron chi connectivity index (χ2n) is 4.78. The lowest BCUT2D eigenvalue weighted by Gasteiger charge is -2.16. The van der Waals surface area contributed by atoms with Crippen LogP contribution < -0.4 is 11.3 Å². The van der Waals surface area contributed by atoms with Crippen LogP contribution in [0.1, 0.15) is 23.3 Å². The Hall–Kier alpha value is -0.580. The van der Waals surface area contributed by atoms with Gasteiger partial charge in [-0.1, -0.05) is 35.3 Å². The molecule has 1 heterocycles. The molecular weight excluding hydrogens is 311 g/mol. The maximum atomic E-state index is 6.19. The number of nitrogens with one attached hydrogen (secondary N) is 1. The minimum Gasteiger partial charge on any atom is -0.271 e. The second kappa shape index (κ2) is 8.01. The number of hydrogen-bond acceptors (Lipinski definition) is 3. The first-order chi connectivity index (χ1) is 9.69. The van der Waals surface area contributed by atoms with E-state index in [1.807, 2.05) is 12.1 Å². The fourth-order valence-corrected chi connectivity index (χ4v) is 3.41. The third-order valence-corrected chi connectivity index (χ3v) is 4.80. The van der Waals surface area contributed by atoms with Gasteiger partial charge in [-0.2, -0.15) is 0 Å². The van der Waals surface area contributed by atoms with Gasteiger partial charge in [-0.25, -0.2) is 0 Å². The molecule has 0 aliphatic heterocycles. The zero-order valence-corrected chi connectivity index (χ0v) is 13.4. The van der Waals surface area contributed by atoms with E-state index in [1.54, 1.807) is 17.4 Å². The summed E-state index contributed by atoms with van der Waals surface area (Å²) in [5.41, 5.74) is 3.96. The zero-order chi connectivity index (χ0) is 14.4. The second-order valence-corrected chi connectivity index (χ2v) is 6.65. The fraction of sp³-hybridized carbons (Fsp3) is 0.333. The first-order valence-corrected chi connectivity index (χ1v) is 8.25. The maximum absolute atomic E-state index is 6.19. The molecule has 0 saturated carbocycles. The Balaban J connectivity index is 1.85. The molecule has 0 radical (unpaired) electrons. The molecule has 1 atom stereocenters. The summed E-state index contributed by atoms with van der Waals surface area (Å²) in [5, 5.41) is 3.48. The summed E-state index contributed by atoms with van der Waals surface area (Å²) in [6.45, 7) is 0. The molecule has 0 aliphatic carbocycles. The number of hydrazine groups is 1. The Morgan fingerprint density at radius 2 is 2.10 bits per heavy atom. The smallest absolute Gasteiger partial charge is 0.0453 e. The van der Waals surface area contributed by atoms with E-state index in [-0.39, 0.29) is 6.04 Å². The molecule has 1 aromatic carbocycles. The standard InChI is InChI=1S/C15H18Cl2N2S/c16-12-7-6-11(15(17)10-12)9-13(19-18)3-1-4-14-5-2-8-20-14/h2,5-8,10,13,19H,1,3-4,9,18H2. The van der Waals surface area contributed by atoms with Crippen LogP contribution in [0.4, 0.5) is 0 Å². The van der Waals surface area contributed by atoms with Crippen molar-refractivity contribution in [3.05, 3.63) is 56.2 Å². The summed E-state index contributed by atoms with van der Waals surface area (Å²) in [5.74, 6) is 5.64. The van der Waals surface area contributed by atoms with Crippen molar-refractivity contribution in [2.75, 3.05) is 0 Å². The highest BCUT2D eigenvalue weighted by molar-refractivity contribution is 7.09. The van der Waals surface area contributed by atoms with Crippen molar-refractivity contribution in [2.24, 2.45) is 5.84 Å². The van der Waals surface area contributed by atoms with Crippen LogP contribution in [0.25, 0.3) is 0 Å². The van der Waals surface area contributed by atoms with Crippen molar-refractivity contribution in [3.8, 4) is 0 Å². The Morgan fingerprint density at radius 3 is 2.75 bits per heavy atom. The number of nitrogens with two attached hydrogens (primary N) is 1. The van der Waals surface area contributed by atoms with Crippen LogP contribution in [-0.4, -0.2) is 6.04 Å². The Kier molecular flexibility index (Phi) is 6.33. The van der Waals surface area contributed by atoms with Crippen LogP contribution in [0.5, 0.6) is 0 Å². The summed E-state index contributed by atoms with van der Waals surface area (Å²) >= 11 is 13.9. The van der Waals surface area contributed by atoms with Crippen molar-refractivity contribution in [1.29, 1.82) is 0 Å². The highest BCUT2D eigenvalue weighted by atomic mass is 35.5. The Morgan fingerprint density at radius 1 is 1.25 bits per heavy atom. The lowest BCUT2D eigenvalue weighted by Crippen LogP contribution is -2.36. The maximum Gasteiger partial charge on any atom is 0.0453 e. The van der Waals surface area contributed by atoms with Gasteiger partial charge in [0.2, 0.25) is 0 Å². The average molecular weight is 329 g/mol. The first-order valence-electron chi connectivity index (χ1n) is 6.61. The van der Waals surface area contributed by atoms with E-state index < -0.39 is 0 Å². The van der Waals surface area contributed by atoms with E-state index in [9.17, 15) is 0 Å². The molecule has 0 bridgehead atoms. The molecule has 108 valence electrons. The van der Waals surface area contributed by atoms with Crippen molar-refractivity contribution in [2.45, 2.75) is 31.7 Å². The van der Waals surface area contributed by atoms with E-state index in [0.29, 0.717) is 10.0 Å². The molecule has 0 fully saturated rings. The molecule has 1 unspecified atom stereocenters. The van der Waals surface area contributed by atoms with Gasteiger partial charge in [0, 0.05) is 21.0 Å². The zero-order valence-electron chi connectivity index (χ0n) is 11.1. The molecule has 0 amide bonds. The molecule has 0 saturated heterocycles. The van der Waals surface area contributed by atoms with Gasteiger partial charge < -0.3 is 0 Å². The van der Waals surface area contributed by atoms with Gasteiger partial charge in [0.05, 0.1) is 0 Å². The van der Waals surface area contributed by atoms with E-state index in [1.165, 1.54) is 4.88 Å². The number of benzene rings is 1. The number of thiophene rings is 1.